The van der Waals surface area contributed by atoms with Gasteiger partial charge in [0, 0.05) is 11.1 Å². The zero-order valence-electron chi connectivity index (χ0n) is 16.3. The molecule has 2 aromatic carbocycles. The molecule has 6 nitrogen and oxygen atoms in total. The van der Waals surface area contributed by atoms with Crippen LogP contribution in [0.25, 0.3) is 22.5 Å². The molecule has 152 valence electrons. The summed E-state index contributed by atoms with van der Waals surface area (Å²) in [5, 5.41) is 23.8. The van der Waals surface area contributed by atoms with Crippen molar-refractivity contribution in [2.24, 2.45) is 0 Å². The summed E-state index contributed by atoms with van der Waals surface area (Å²) in [4.78, 5) is 11.1. The Morgan fingerprint density at radius 1 is 1.24 bits per heavy atom. The molecule has 29 heavy (non-hydrogen) atoms. The van der Waals surface area contributed by atoms with E-state index in [4.69, 9.17) is 9.84 Å². The Balaban J connectivity index is 2.13. The van der Waals surface area contributed by atoms with Crippen molar-refractivity contribution < 1.29 is 24.1 Å². The monoisotopic (exact) mass is 398 g/mol. The molecule has 0 aliphatic heterocycles. The van der Waals surface area contributed by atoms with Crippen molar-refractivity contribution in [1.29, 1.82) is 0 Å². The van der Waals surface area contributed by atoms with Crippen LogP contribution in [0.3, 0.4) is 0 Å². The summed E-state index contributed by atoms with van der Waals surface area (Å²) in [6.45, 7) is 2.12. The van der Waals surface area contributed by atoms with Gasteiger partial charge in [-0.15, -0.1) is 0 Å². The van der Waals surface area contributed by atoms with Gasteiger partial charge in [0.2, 0.25) is 0 Å². The molecule has 0 saturated heterocycles. The number of ether oxygens (including phenoxy) is 1. The van der Waals surface area contributed by atoms with Gasteiger partial charge in [0.05, 0.1) is 37.6 Å². The topological polar surface area (TPSA) is 84.6 Å². The number of methoxy groups -OCH3 is 1. The number of benzene rings is 2. The lowest BCUT2D eigenvalue weighted by molar-refractivity contribution is -0.136. The second kappa shape index (κ2) is 8.87. The Morgan fingerprint density at radius 3 is 2.69 bits per heavy atom. The highest BCUT2D eigenvalue weighted by molar-refractivity contribution is 5.76. The first-order valence-corrected chi connectivity index (χ1v) is 9.32. The maximum atomic E-state index is 13.8. The second-order valence-electron chi connectivity index (χ2n) is 6.77. The maximum Gasteiger partial charge on any atom is 0.307 e. The molecule has 0 radical (unpaired) electrons. The summed E-state index contributed by atoms with van der Waals surface area (Å²) in [6, 6.07) is 13.1. The van der Waals surface area contributed by atoms with Crippen LogP contribution < -0.4 is 4.74 Å². The number of carbonyl (C=O) groups is 1. The quantitative estimate of drug-likeness (QED) is 0.604. The van der Waals surface area contributed by atoms with Crippen LogP contribution in [0.15, 0.2) is 48.5 Å². The molecule has 1 aromatic heterocycles. The molecule has 3 rings (SSSR count). The standard InChI is InChI=1S/C22H23FN2O4/c1-3-17(26)13-25-20(15-5-4-6-16(23)11-15)12-19(24-25)18-9-14(10-22(27)28)7-8-21(18)29-2/h4-9,11-12,17,26H,3,10,13H2,1-2H3,(H,27,28)/t17-/m1/s1. The fourth-order valence-corrected chi connectivity index (χ4v) is 3.14. The molecular formula is C22H23FN2O4. The summed E-state index contributed by atoms with van der Waals surface area (Å²) in [5.41, 5.74) is 3.08. The van der Waals surface area contributed by atoms with E-state index in [0.717, 1.165) is 0 Å². The number of rotatable bonds is 8. The van der Waals surface area contributed by atoms with Gasteiger partial charge in [-0.05, 0) is 42.3 Å². The number of aliphatic carboxylic acids is 1. The van der Waals surface area contributed by atoms with Gasteiger partial charge in [0.25, 0.3) is 0 Å². The summed E-state index contributed by atoms with van der Waals surface area (Å²) in [5.74, 6) is -0.752. The smallest absolute Gasteiger partial charge is 0.307 e. The first-order chi connectivity index (χ1) is 13.9. The Morgan fingerprint density at radius 2 is 2.03 bits per heavy atom. The molecule has 0 bridgehead atoms. The molecule has 0 aliphatic carbocycles. The van der Waals surface area contributed by atoms with Crippen molar-refractivity contribution in [1.82, 2.24) is 9.78 Å². The number of hydrogen-bond donors (Lipinski definition) is 2. The molecular weight excluding hydrogens is 375 g/mol. The predicted octanol–water partition coefficient (Wildman–Crippen LogP) is 3.76. The lowest BCUT2D eigenvalue weighted by atomic mass is 10.0. The zero-order valence-corrected chi connectivity index (χ0v) is 16.3. The van der Waals surface area contributed by atoms with E-state index in [1.165, 1.54) is 19.2 Å². The van der Waals surface area contributed by atoms with E-state index in [-0.39, 0.29) is 18.8 Å². The predicted molar refractivity (Wildman–Crippen MR) is 107 cm³/mol. The van der Waals surface area contributed by atoms with Crippen molar-refractivity contribution in [3.63, 3.8) is 0 Å². The molecule has 0 spiro atoms. The third kappa shape index (κ3) is 4.81. The van der Waals surface area contributed by atoms with Crippen LogP contribution >= 0.6 is 0 Å². The number of aliphatic hydroxyl groups excluding tert-OH is 1. The van der Waals surface area contributed by atoms with Crippen molar-refractivity contribution in [3.8, 4) is 28.3 Å². The SMILES string of the molecule is CC[C@@H](O)Cn1nc(-c2cc(CC(=O)O)ccc2OC)cc1-c1cccc(F)c1. The molecule has 3 aromatic rings. The van der Waals surface area contributed by atoms with Crippen molar-refractivity contribution in [2.75, 3.05) is 7.11 Å². The maximum absolute atomic E-state index is 13.8. The van der Waals surface area contributed by atoms with E-state index in [9.17, 15) is 14.3 Å². The van der Waals surface area contributed by atoms with Gasteiger partial charge in [-0.2, -0.15) is 5.10 Å². The van der Waals surface area contributed by atoms with Crippen molar-refractivity contribution in [3.05, 3.63) is 59.9 Å². The van der Waals surface area contributed by atoms with E-state index in [1.807, 2.05) is 6.92 Å². The largest absolute Gasteiger partial charge is 0.496 e. The van der Waals surface area contributed by atoms with Gasteiger partial charge < -0.3 is 14.9 Å². The van der Waals surface area contributed by atoms with Gasteiger partial charge in [0.1, 0.15) is 11.6 Å². The number of carboxylic acid groups (broad SMARTS) is 1. The summed E-state index contributed by atoms with van der Waals surface area (Å²) >= 11 is 0. The lowest BCUT2D eigenvalue weighted by Gasteiger charge is -2.11. The highest BCUT2D eigenvalue weighted by Gasteiger charge is 2.18. The highest BCUT2D eigenvalue weighted by Crippen LogP contribution is 2.33. The van der Waals surface area contributed by atoms with E-state index >= 15 is 0 Å². The minimum Gasteiger partial charge on any atom is -0.496 e. The normalized spacial score (nSPS) is 12.0. The molecule has 0 aliphatic rings. The molecule has 7 heteroatoms. The second-order valence-corrected chi connectivity index (χ2v) is 6.77. The summed E-state index contributed by atoms with van der Waals surface area (Å²) in [6.07, 6.45) is -0.173. The number of aromatic nitrogens is 2. The molecule has 1 heterocycles. The lowest BCUT2D eigenvalue weighted by Crippen LogP contribution is -2.16. The molecule has 0 saturated carbocycles. The average Bonchev–Trinajstić information content (AvgIpc) is 3.11. The van der Waals surface area contributed by atoms with E-state index < -0.39 is 12.1 Å². The van der Waals surface area contributed by atoms with Crippen LogP contribution in [-0.4, -0.2) is 39.2 Å². The number of hydrogen-bond acceptors (Lipinski definition) is 4. The Labute approximate surface area is 168 Å². The molecule has 2 N–H and O–H groups in total. The van der Waals surface area contributed by atoms with Crippen LogP contribution in [0.1, 0.15) is 18.9 Å². The van der Waals surface area contributed by atoms with E-state index in [0.29, 0.717) is 40.2 Å². The van der Waals surface area contributed by atoms with Gasteiger partial charge in [-0.25, -0.2) is 4.39 Å². The Kier molecular flexibility index (Phi) is 6.29. The van der Waals surface area contributed by atoms with Crippen LogP contribution in [0.5, 0.6) is 5.75 Å². The summed E-state index contributed by atoms with van der Waals surface area (Å²) < 4.78 is 20.9. The van der Waals surface area contributed by atoms with Crippen LogP contribution in [-0.2, 0) is 17.8 Å². The minimum atomic E-state index is -0.932. The van der Waals surface area contributed by atoms with Gasteiger partial charge in [-0.3, -0.25) is 9.48 Å². The fraction of sp³-hybridized carbons (Fsp3) is 0.273. The van der Waals surface area contributed by atoms with E-state index in [1.54, 1.807) is 41.1 Å². The third-order valence-electron chi connectivity index (χ3n) is 4.65. The summed E-state index contributed by atoms with van der Waals surface area (Å²) in [7, 11) is 1.53. The van der Waals surface area contributed by atoms with Crippen LogP contribution in [0, 0.1) is 5.82 Å². The third-order valence-corrected chi connectivity index (χ3v) is 4.65. The van der Waals surface area contributed by atoms with Gasteiger partial charge >= 0.3 is 5.97 Å². The van der Waals surface area contributed by atoms with E-state index in [2.05, 4.69) is 5.10 Å². The minimum absolute atomic E-state index is 0.122. The number of halogens is 1. The Bertz CT molecular complexity index is 1020. The number of carboxylic acids is 1. The number of nitrogens with zero attached hydrogens (tertiary/aromatic N) is 2. The fourth-order valence-electron chi connectivity index (χ4n) is 3.14. The highest BCUT2D eigenvalue weighted by atomic mass is 19.1. The zero-order chi connectivity index (χ0) is 21.0. The molecule has 0 amide bonds. The molecule has 0 fully saturated rings. The molecule has 0 unspecified atom stereocenters. The van der Waals surface area contributed by atoms with Crippen LogP contribution in [0.2, 0.25) is 0 Å². The van der Waals surface area contributed by atoms with Gasteiger partial charge in [-0.1, -0.05) is 25.1 Å². The number of aliphatic hydroxyl groups is 1. The first-order valence-electron chi connectivity index (χ1n) is 9.32. The van der Waals surface area contributed by atoms with Gasteiger partial charge in [0.15, 0.2) is 0 Å². The first kappa shape index (κ1) is 20.5. The van der Waals surface area contributed by atoms with Crippen molar-refractivity contribution in [2.45, 2.75) is 32.4 Å². The van der Waals surface area contributed by atoms with Crippen LogP contribution in [0.4, 0.5) is 4.39 Å². The average molecular weight is 398 g/mol. The van der Waals surface area contributed by atoms with Crippen molar-refractivity contribution >= 4 is 5.97 Å². The Hall–Kier alpha value is -3.19. The molecule has 1 atom stereocenters.